The quantitative estimate of drug-likeness (QED) is 0.722. The SMILES string of the molecule is CCCN(Cc1cc(=O)[nH]c2ccccc12)C(=O)Nc1ccccc1C. The van der Waals surface area contributed by atoms with Crippen LogP contribution in [0, 0.1) is 6.92 Å². The van der Waals surface area contributed by atoms with Crippen molar-refractivity contribution in [1.29, 1.82) is 0 Å². The second-order valence-corrected chi connectivity index (χ2v) is 6.37. The van der Waals surface area contributed by atoms with E-state index in [0.717, 1.165) is 34.1 Å². The molecule has 5 heteroatoms. The Labute approximate surface area is 152 Å². The topological polar surface area (TPSA) is 65.2 Å². The Bertz CT molecular complexity index is 978. The number of H-pyrrole nitrogens is 1. The number of hydrogen-bond acceptors (Lipinski definition) is 2. The van der Waals surface area contributed by atoms with Crippen LogP contribution in [0.15, 0.2) is 59.4 Å². The van der Waals surface area contributed by atoms with E-state index in [0.29, 0.717) is 13.1 Å². The average Bonchev–Trinajstić information content (AvgIpc) is 2.63. The molecule has 3 rings (SSSR count). The molecule has 2 aromatic carbocycles. The van der Waals surface area contributed by atoms with Crippen LogP contribution in [0.2, 0.25) is 0 Å². The van der Waals surface area contributed by atoms with Crippen LogP contribution in [0.5, 0.6) is 0 Å². The third-order valence-corrected chi connectivity index (χ3v) is 4.36. The molecule has 0 bridgehead atoms. The summed E-state index contributed by atoms with van der Waals surface area (Å²) in [5, 5.41) is 3.93. The molecule has 3 aromatic rings. The number of nitrogens with zero attached hydrogens (tertiary/aromatic N) is 1. The standard InChI is InChI=1S/C21H23N3O2/c1-3-12-24(21(26)23-18-10-6-4-8-15(18)2)14-16-13-20(25)22-19-11-7-5-9-17(16)19/h4-11,13H,3,12,14H2,1-2H3,(H,22,25)(H,23,26). The van der Waals surface area contributed by atoms with E-state index in [1.807, 2.05) is 62.4 Å². The van der Waals surface area contributed by atoms with E-state index >= 15 is 0 Å². The Kier molecular flexibility index (Phi) is 5.37. The molecule has 134 valence electrons. The van der Waals surface area contributed by atoms with Crippen molar-refractivity contribution in [2.24, 2.45) is 0 Å². The number of aromatic nitrogens is 1. The molecule has 0 radical (unpaired) electrons. The number of fused-ring (bicyclic) bond motifs is 1. The Hall–Kier alpha value is -3.08. The Morgan fingerprint density at radius 2 is 1.85 bits per heavy atom. The summed E-state index contributed by atoms with van der Waals surface area (Å²) in [6, 6.07) is 16.8. The minimum absolute atomic E-state index is 0.158. The predicted molar refractivity (Wildman–Crippen MR) is 105 cm³/mol. The molecular weight excluding hydrogens is 326 g/mol. The minimum atomic E-state index is -0.162. The number of urea groups is 1. The number of benzene rings is 2. The van der Waals surface area contributed by atoms with E-state index in [4.69, 9.17) is 0 Å². The van der Waals surface area contributed by atoms with E-state index in [-0.39, 0.29) is 11.6 Å². The summed E-state index contributed by atoms with van der Waals surface area (Å²) in [6.45, 7) is 4.99. The van der Waals surface area contributed by atoms with Crippen molar-refractivity contribution < 1.29 is 4.79 Å². The molecule has 0 atom stereocenters. The van der Waals surface area contributed by atoms with Gasteiger partial charge >= 0.3 is 6.03 Å². The fourth-order valence-electron chi connectivity index (χ4n) is 3.04. The Balaban J connectivity index is 1.88. The van der Waals surface area contributed by atoms with Crippen LogP contribution >= 0.6 is 0 Å². The van der Waals surface area contributed by atoms with Gasteiger partial charge < -0.3 is 15.2 Å². The van der Waals surface area contributed by atoms with Gasteiger partial charge in [-0.2, -0.15) is 0 Å². The van der Waals surface area contributed by atoms with Crippen molar-refractivity contribution in [2.45, 2.75) is 26.8 Å². The number of aryl methyl sites for hydroxylation is 1. The molecule has 0 unspecified atom stereocenters. The van der Waals surface area contributed by atoms with Crippen molar-refractivity contribution >= 4 is 22.6 Å². The van der Waals surface area contributed by atoms with E-state index < -0.39 is 0 Å². The summed E-state index contributed by atoms with van der Waals surface area (Å²) in [5.74, 6) is 0. The average molecular weight is 349 g/mol. The highest BCUT2D eigenvalue weighted by atomic mass is 16.2. The van der Waals surface area contributed by atoms with Gasteiger partial charge in [-0.15, -0.1) is 0 Å². The molecule has 0 fully saturated rings. The van der Waals surface area contributed by atoms with E-state index in [1.54, 1.807) is 11.0 Å². The highest BCUT2D eigenvalue weighted by Gasteiger charge is 2.16. The number of para-hydroxylation sites is 2. The molecule has 5 nitrogen and oxygen atoms in total. The zero-order chi connectivity index (χ0) is 18.5. The van der Waals surface area contributed by atoms with Gasteiger partial charge in [0, 0.05) is 35.7 Å². The second kappa shape index (κ2) is 7.87. The normalized spacial score (nSPS) is 10.7. The summed E-state index contributed by atoms with van der Waals surface area (Å²) in [7, 11) is 0. The van der Waals surface area contributed by atoms with Crippen molar-refractivity contribution in [3.63, 3.8) is 0 Å². The Morgan fingerprint density at radius 1 is 1.12 bits per heavy atom. The zero-order valence-electron chi connectivity index (χ0n) is 15.1. The number of anilines is 1. The van der Waals surface area contributed by atoms with Gasteiger partial charge in [-0.1, -0.05) is 43.3 Å². The molecule has 1 aromatic heterocycles. The third-order valence-electron chi connectivity index (χ3n) is 4.36. The van der Waals surface area contributed by atoms with Gasteiger partial charge in [0.05, 0.1) is 0 Å². The monoisotopic (exact) mass is 349 g/mol. The molecule has 0 aliphatic carbocycles. The van der Waals surface area contributed by atoms with Crippen LogP contribution in [0.25, 0.3) is 10.9 Å². The van der Waals surface area contributed by atoms with Gasteiger partial charge in [-0.25, -0.2) is 4.79 Å². The molecule has 0 spiro atoms. The maximum absolute atomic E-state index is 12.8. The number of carbonyl (C=O) groups excluding carboxylic acids is 1. The molecule has 0 saturated carbocycles. The maximum Gasteiger partial charge on any atom is 0.322 e. The highest BCUT2D eigenvalue weighted by molar-refractivity contribution is 5.90. The van der Waals surface area contributed by atoms with Gasteiger partial charge in [0.1, 0.15) is 0 Å². The molecule has 0 aliphatic rings. The van der Waals surface area contributed by atoms with Gasteiger partial charge in [0.2, 0.25) is 5.56 Å². The number of nitrogens with one attached hydrogen (secondary N) is 2. The number of rotatable bonds is 5. The number of hydrogen-bond donors (Lipinski definition) is 2. The van der Waals surface area contributed by atoms with Crippen LogP contribution in [0.4, 0.5) is 10.5 Å². The number of aromatic amines is 1. The zero-order valence-corrected chi connectivity index (χ0v) is 15.1. The van der Waals surface area contributed by atoms with Crippen LogP contribution < -0.4 is 10.9 Å². The molecule has 0 aliphatic heterocycles. The lowest BCUT2D eigenvalue weighted by molar-refractivity contribution is 0.209. The van der Waals surface area contributed by atoms with Gasteiger partial charge in [-0.05, 0) is 36.6 Å². The van der Waals surface area contributed by atoms with Gasteiger partial charge in [0.15, 0.2) is 0 Å². The van der Waals surface area contributed by atoms with Crippen molar-refractivity contribution in [3.8, 4) is 0 Å². The molecular formula is C21H23N3O2. The molecule has 0 saturated heterocycles. The number of pyridine rings is 1. The minimum Gasteiger partial charge on any atom is -0.322 e. The number of carbonyl (C=O) groups is 1. The predicted octanol–water partition coefficient (Wildman–Crippen LogP) is 4.28. The third kappa shape index (κ3) is 3.94. The summed E-state index contributed by atoms with van der Waals surface area (Å²) in [6.07, 6.45) is 0.836. The first-order chi connectivity index (χ1) is 12.6. The largest absolute Gasteiger partial charge is 0.322 e. The first kappa shape index (κ1) is 17.7. The Morgan fingerprint density at radius 3 is 2.62 bits per heavy atom. The molecule has 2 amide bonds. The summed E-state index contributed by atoms with van der Waals surface area (Å²) < 4.78 is 0. The maximum atomic E-state index is 12.8. The molecule has 26 heavy (non-hydrogen) atoms. The first-order valence-electron chi connectivity index (χ1n) is 8.81. The van der Waals surface area contributed by atoms with E-state index in [1.165, 1.54) is 0 Å². The van der Waals surface area contributed by atoms with Gasteiger partial charge in [-0.3, -0.25) is 4.79 Å². The first-order valence-corrected chi connectivity index (χ1v) is 8.81. The highest BCUT2D eigenvalue weighted by Crippen LogP contribution is 2.18. The summed E-state index contributed by atoms with van der Waals surface area (Å²) in [5.41, 5.74) is 3.28. The molecule has 2 N–H and O–H groups in total. The van der Waals surface area contributed by atoms with Crippen molar-refractivity contribution in [3.05, 3.63) is 76.1 Å². The van der Waals surface area contributed by atoms with Crippen LogP contribution in [0.1, 0.15) is 24.5 Å². The smallest absolute Gasteiger partial charge is 0.322 e. The van der Waals surface area contributed by atoms with E-state index in [2.05, 4.69) is 10.3 Å². The van der Waals surface area contributed by atoms with Crippen LogP contribution in [-0.2, 0) is 6.54 Å². The summed E-state index contributed by atoms with van der Waals surface area (Å²) >= 11 is 0. The van der Waals surface area contributed by atoms with Gasteiger partial charge in [0.25, 0.3) is 0 Å². The second-order valence-electron chi connectivity index (χ2n) is 6.37. The lowest BCUT2D eigenvalue weighted by Crippen LogP contribution is -2.35. The fraction of sp³-hybridized carbons (Fsp3) is 0.238. The van der Waals surface area contributed by atoms with Crippen molar-refractivity contribution in [2.75, 3.05) is 11.9 Å². The fourth-order valence-corrected chi connectivity index (χ4v) is 3.04. The van der Waals surface area contributed by atoms with Crippen LogP contribution in [0.3, 0.4) is 0 Å². The summed E-state index contributed by atoms with van der Waals surface area (Å²) in [4.78, 5) is 29.4. The van der Waals surface area contributed by atoms with Crippen molar-refractivity contribution in [1.82, 2.24) is 9.88 Å². The van der Waals surface area contributed by atoms with E-state index in [9.17, 15) is 9.59 Å². The lowest BCUT2D eigenvalue weighted by Gasteiger charge is -2.24. The van der Waals surface area contributed by atoms with Crippen LogP contribution in [-0.4, -0.2) is 22.5 Å². The number of amides is 2. The molecule has 1 heterocycles. The lowest BCUT2D eigenvalue weighted by atomic mass is 10.1.